The van der Waals surface area contributed by atoms with Gasteiger partial charge in [-0.15, -0.1) is 6.58 Å². The van der Waals surface area contributed by atoms with Gasteiger partial charge in [-0.25, -0.2) is 0 Å². The van der Waals surface area contributed by atoms with E-state index in [9.17, 15) is 0 Å². The monoisotopic (exact) mass is 175 g/mol. The van der Waals surface area contributed by atoms with Crippen LogP contribution in [0, 0.1) is 13.8 Å². The molecule has 70 valence electrons. The van der Waals surface area contributed by atoms with Gasteiger partial charge in [-0.3, -0.25) is 0 Å². The summed E-state index contributed by atoms with van der Waals surface area (Å²) in [5, 5.41) is 3.20. The smallest absolute Gasteiger partial charge is 0.0501 e. The predicted molar refractivity (Wildman–Crippen MR) is 57.9 cm³/mol. The lowest BCUT2D eigenvalue weighted by Gasteiger charge is -2.13. The van der Waals surface area contributed by atoms with Crippen molar-refractivity contribution in [1.82, 2.24) is 5.32 Å². The molecule has 0 aromatic heterocycles. The van der Waals surface area contributed by atoms with Crippen LogP contribution < -0.4 is 5.32 Å². The fourth-order valence-electron chi connectivity index (χ4n) is 1.38. The van der Waals surface area contributed by atoms with Crippen molar-refractivity contribution in [3.8, 4) is 0 Å². The summed E-state index contributed by atoms with van der Waals surface area (Å²) in [6.45, 7) is 8.06. The van der Waals surface area contributed by atoms with E-state index in [1.807, 2.05) is 13.1 Å². The third kappa shape index (κ3) is 2.19. The Balaban J connectivity index is 3.01. The largest absolute Gasteiger partial charge is 0.310 e. The van der Waals surface area contributed by atoms with Crippen LogP contribution in [-0.2, 0) is 0 Å². The molecule has 1 aromatic rings. The molecule has 0 fully saturated rings. The fraction of sp³-hybridized carbons (Fsp3) is 0.333. The predicted octanol–water partition coefficient (Wildman–Crippen LogP) is 2.75. The zero-order valence-corrected chi connectivity index (χ0v) is 8.59. The molecule has 0 saturated carbocycles. The van der Waals surface area contributed by atoms with E-state index in [0.717, 1.165) is 0 Å². The average Bonchev–Trinajstić information content (AvgIpc) is 2.13. The van der Waals surface area contributed by atoms with Gasteiger partial charge in [0.2, 0.25) is 0 Å². The highest BCUT2D eigenvalue weighted by atomic mass is 14.9. The van der Waals surface area contributed by atoms with Gasteiger partial charge in [-0.1, -0.05) is 24.3 Å². The molecule has 0 heterocycles. The molecule has 0 radical (unpaired) electrons. The molecule has 0 amide bonds. The zero-order chi connectivity index (χ0) is 9.84. The van der Waals surface area contributed by atoms with Gasteiger partial charge in [0.05, 0.1) is 6.04 Å². The van der Waals surface area contributed by atoms with Crippen LogP contribution in [0.1, 0.15) is 22.7 Å². The standard InChI is InChI=1S/C12H17N/c1-5-12(13-4)11-7-6-9(2)10(3)8-11/h5-8,12-13H,1H2,2-4H3. The maximum Gasteiger partial charge on any atom is 0.0501 e. The fourth-order valence-corrected chi connectivity index (χ4v) is 1.38. The minimum absolute atomic E-state index is 0.263. The molecule has 1 rings (SSSR count). The number of hydrogen-bond donors (Lipinski definition) is 1. The Kier molecular flexibility index (Phi) is 3.26. The second kappa shape index (κ2) is 4.24. The quantitative estimate of drug-likeness (QED) is 0.696. The summed E-state index contributed by atoms with van der Waals surface area (Å²) in [6.07, 6.45) is 1.92. The summed E-state index contributed by atoms with van der Waals surface area (Å²) in [7, 11) is 1.95. The van der Waals surface area contributed by atoms with Gasteiger partial charge in [-0.2, -0.15) is 0 Å². The van der Waals surface area contributed by atoms with Crippen molar-refractivity contribution in [3.63, 3.8) is 0 Å². The first-order valence-electron chi connectivity index (χ1n) is 4.56. The third-order valence-corrected chi connectivity index (χ3v) is 2.44. The normalized spacial score (nSPS) is 12.5. The lowest BCUT2D eigenvalue weighted by molar-refractivity contribution is 0.715. The van der Waals surface area contributed by atoms with Gasteiger partial charge in [0.25, 0.3) is 0 Å². The van der Waals surface area contributed by atoms with E-state index in [-0.39, 0.29) is 6.04 Å². The molecule has 0 aliphatic rings. The SMILES string of the molecule is C=CC(NC)c1ccc(C)c(C)c1. The molecule has 0 aliphatic heterocycles. The second-order valence-corrected chi connectivity index (χ2v) is 3.35. The highest BCUT2D eigenvalue weighted by molar-refractivity contribution is 5.33. The average molecular weight is 175 g/mol. The first kappa shape index (κ1) is 10.0. The molecular weight excluding hydrogens is 158 g/mol. The molecule has 1 heteroatoms. The molecule has 0 aliphatic carbocycles. The van der Waals surface area contributed by atoms with Crippen LogP contribution >= 0.6 is 0 Å². The first-order valence-corrected chi connectivity index (χ1v) is 4.56. The molecule has 1 N–H and O–H groups in total. The van der Waals surface area contributed by atoms with E-state index in [2.05, 4.69) is 43.9 Å². The lowest BCUT2D eigenvalue weighted by atomic mass is 10.0. The van der Waals surface area contributed by atoms with Gasteiger partial charge in [0.15, 0.2) is 0 Å². The number of nitrogens with one attached hydrogen (secondary N) is 1. The van der Waals surface area contributed by atoms with Gasteiger partial charge in [-0.05, 0) is 37.6 Å². The molecule has 1 atom stereocenters. The van der Waals surface area contributed by atoms with Crippen molar-refractivity contribution in [3.05, 3.63) is 47.5 Å². The third-order valence-electron chi connectivity index (χ3n) is 2.44. The van der Waals surface area contributed by atoms with Crippen LogP contribution in [0.3, 0.4) is 0 Å². The zero-order valence-electron chi connectivity index (χ0n) is 8.59. The van der Waals surface area contributed by atoms with Crippen LogP contribution in [0.25, 0.3) is 0 Å². The van der Waals surface area contributed by atoms with Crippen molar-refractivity contribution in [1.29, 1.82) is 0 Å². The van der Waals surface area contributed by atoms with Gasteiger partial charge in [0.1, 0.15) is 0 Å². The van der Waals surface area contributed by atoms with E-state index < -0.39 is 0 Å². The van der Waals surface area contributed by atoms with E-state index in [1.165, 1.54) is 16.7 Å². The molecule has 13 heavy (non-hydrogen) atoms. The highest BCUT2D eigenvalue weighted by Gasteiger charge is 2.04. The summed E-state index contributed by atoms with van der Waals surface area (Å²) in [4.78, 5) is 0. The molecule has 0 bridgehead atoms. The van der Waals surface area contributed by atoms with Crippen LogP contribution in [0.5, 0.6) is 0 Å². The summed E-state index contributed by atoms with van der Waals surface area (Å²) in [6, 6.07) is 6.77. The minimum atomic E-state index is 0.263. The lowest BCUT2D eigenvalue weighted by Crippen LogP contribution is -2.13. The summed E-state index contributed by atoms with van der Waals surface area (Å²) >= 11 is 0. The Hall–Kier alpha value is -1.08. The topological polar surface area (TPSA) is 12.0 Å². The van der Waals surface area contributed by atoms with Gasteiger partial charge in [0, 0.05) is 0 Å². The minimum Gasteiger partial charge on any atom is -0.310 e. The summed E-state index contributed by atoms with van der Waals surface area (Å²) in [5.41, 5.74) is 3.95. The summed E-state index contributed by atoms with van der Waals surface area (Å²) in [5.74, 6) is 0. The van der Waals surface area contributed by atoms with Crippen molar-refractivity contribution >= 4 is 0 Å². The van der Waals surface area contributed by atoms with Crippen LogP contribution in [0.2, 0.25) is 0 Å². The Bertz CT molecular complexity index is 302. The Morgan fingerprint density at radius 2 is 2.00 bits per heavy atom. The maximum atomic E-state index is 3.80. The maximum absolute atomic E-state index is 3.80. The van der Waals surface area contributed by atoms with Crippen LogP contribution in [-0.4, -0.2) is 7.05 Å². The molecule has 0 saturated heterocycles. The van der Waals surface area contributed by atoms with Gasteiger partial charge < -0.3 is 5.32 Å². The molecule has 1 aromatic carbocycles. The summed E-state index contributed by atoms with van der Waals surface area (Å²) < 4.78 is 0. The molecule has 0 spiro atoms. The van der Waals surface area contributed by atoms with Crippen molar-refractivity contribution < 1.29 is 0 Å². The van der Waals surface area contributed by atoms with E-state index >= 15 is 0 Å². The molecule has 1 nitrogen and oxygen atoms in total. The second-order valence-electron chi connectivity index (χ2n) is 3.35. The number of hydrogen-bond acceptors (Lipinski definition) is 1. The van der Waals surface area contributed by atoms with E-state index in [1.54, 1.807) is 0 Å². The first-order chi connectivity index (χ1) is 6.19. The Labute approximate surface area is 80.5 Å². The molecular formula is C12H17N. The number of likely N-dealkylation sites (N-methyl/N-ethyl adjacent to an activating group) is 1. The van der Waals surface area contributed by atoms with Crippen LogP contribution in [0.4, 0.5) is 0 Å². The number of benzene rings is 1. The van der Waals surface area contributed by atoms with Crippen molar-refractivity contribution in [2.45, 2.75) is 19.9 Å². The van der Waals surface area contributed by atoms with Crippen molar-refractivity contribution in [2.75, 3.05) is 7.05 Å². The number of aryl methyl sites for hydroxylation is 2. The van der Waals surface area contributed by atoms with E-state index in [4.69, 9.17) is 0 Å². The Morgan fingerprint density at radius 3 is 2.46 bits per heavy atom. The van der Waals surface area contributed by atoms with Crippen molar-refractivity contribution in [2.24, 2.45) is 0 Å². The van der Waals surface area contributed by atoms with E-state index in [0.29, 0.717) is 0 Å². The highest BCUT2D eigenvalue weighted by Crippen LogP contribution is 2.17. The molecule has 1 unspecified atom stereocenters. The Morgan fingerprint density at radius 1 is 1.31 bits per heavy atom. The number of rotatable bonds is 3. The van der Waals surface area contributed by atoms with Crippen LogP contribution in [0.15, 0.2) is 30.9 Å². The van der Waals surface area contributed by atoms with Gasteiger partial charge >= 0.3 is 0 Å².